The second-order valence-electron chi connectivity index (χ2n) is 8.68. The molecule has 3 aliphatic carbocycles. The average Bonchev–Trinajstić information content (AvgIpc) is 2.86. The Morgan fingerprint density at radius 1 is 0.829 bits per heavy atom. The molecule has 0 heterocycles. The minimum Gasteiger partial charge on any atom is -0.288 e. The number of hydrogen-bond acceptors (Lipinski definition) is 7. The van der Waals surface area contributed by atoms with E-state index >= 15 is 0 Å². The van der Waals surface area contributed by atoms with E-state index in [9.17, 15) is 22.6 Å². The van der Waals surface area contributed by atoms with E-state index in [1.165, 1.54) is 6.07 Å². The van der Waals surface area contributed by atoms with Gasteiger partial charge in [-0.05, 0) is 31.0 Å². The van der Waals surface area contributed by atoms with Gasteiger partial charge in [0.1, 0.15) is 10.3 Å². The second kappa shape index (κ2) is 9.16. The molecular weight excluding hydrogens is 466 g/mol. The van der Waals surface area contributed by atoms with Crippen molar-refractivity contribution in [2.24, 2.45) is 10.1 Å². The molecule has 3 aliphatic rings. The van der Waals surface area contributed by atoms with Crippen molar-refractivity contribution in [3.8, 4) is 0 Å². The molecular formula is C26H23N3O5S. The van der Waals surface area contributed by atoms with Gasteiger partial charge in [0.15, 0.2) is 10.9 Å². The molecule has 0 saturated heterocycles. The summed E-state index contributed by atoms with van der Waals surface area (Å²) in [4.78, 5) is 31.4. The molecule has 2 aromatic carbocycles. The fourth-order valence-electron chi connectivity index (χ4n) is 4.68. The highest BCUT2D eigenvalue weighted by Crippen LogP contribution is 2.19. The Kier molecular flexibility index (Phi) is 6.04. The summed E-state index contributed by atoms with van der Waals surface area (Å²) in [7, 11) is -4.81. The molecule has 1 fully saturated rings. The third-order valence-electron chi connectivity index (χ3n) is 6.36. The van der Waals surface area contributed by atoms with Gasteiger partial charge in [-0.3, -0.25) is 24.6 Å². The number of anilines is 1. The highest BCUT2D eigenvalue weighted by molar-refractivity contribution is 7.85. The van der Waals surface area contributed by atoms with E-state index in [2.05, 4.69) is 10.5 Å². The van der Waals surface area contributed by atoms with Crippen LogP contribution >= 0.6 is 0 Å². The first-order valence-corrected chi connectivity index (χ1v) is 12.9. The van der Waals surface area contributed by atoms with Crippen LogP contribution in [0.15, 0.2) is 85.2 Å². The van der Waals surface area contributed by atoms with Crippen LogP contribution < -0.4 is 27.0 Å². The van der Waals surface area contributed by atoms with E-state index in [-0.39, 0.29) is 38.0 Å². The maximum atomic E-state index is 13.7. The van der Waals surface area contributed by atoms with Crippen molar-refractivity contribution >= 4 is 26.6 Å². The molecule has 0 aliphatic heterocycles. The van der Waals surface area contributed by atoms with Crippen LogP contribution in [0, 0.1) is 10.4 Å². The van der Waals surface area contributed by atoms with Gasteiger partial charge in [0.25, 0.3) is 10.1 Å². The molecule has 0 unspecified atom stereocenters. The number of benzene rings is 2. The van der Waals surface area contributed by atoms with E-state index in [1.807, 2.05) is 0 Å². The zero-order chi connectivity index (χ0) is 24.6. The van der Waals surface area contributed by atoms with Gasteiger partial charge in [-0.1, -0.05) is 61.7 Å². The summed E-state index contributed by atoms with van der Waals surface area (Å²) in [5.41, 5.74) is 2.30. The quantitative estimate of drug-likeness (QED) is 0.335. The molecule has 0 spiro atoms. The van der Waals surface area contributed by atoms with Gasteiger partial charge in [-0.15, -0.1) is 0 Å². The van der Waals surface area contributed by atoms with Crippen LogP contribution in [0.5, 0.6) is 0 Å². The normalized spacial score (nSPS) is 16.3. The molecule has 0 aromatic heterocycles. The monoisotopic (exact) mass is 489 g/mol. The molecule has 0 amide bonds. The zero-order valence-corrected chi connectivity index (χ0v) is 19.6. The van der Waals surface area contributed by atoms with E-state index in [0.717, 1.165) is 38.2 Å². The lowest BCUT2D eigenvalue weighted by molar-refractivity contribution is 0.437. The summed E-state index contributed by atoms with van der Waals surface area (Å²) >= 11 is 0. The molecule has 9 heteroatoms. The number of rotatable bonds is 4. The lowest BCUT2D eigenvalue weighted by Crippen LogP contribution is -2.34. The van der Waals surface area contributed by atoms with Crippen molar-refractivity contribution in [3.05, 3.63) is 102 Å². The van der Waals surface area contributed by atoms with E-state index in [4.69, 9.17) is 4.99 Å². The van der Waals surface area contributed by atoms with Crippen LogP contribution in [0.2, 0.25) is 0 Å². The van der Waals surface area contributed by atoms with Crippen molar-refractivity contribution in [1.29, 1.82) is 0 Å². The molecule has 0 atom stereocenters. The SMILES string of the molecule is O=c1c2c(=NC3CCCCC3)cc(S(=O)(=O)O)c(=NNc3ccccc3)c=2c(=O)c2ccccc12. The summed E-state index contributed by atoms with van der Waals surface area (Å²) in [6.45, 7) is 0. The topological polar surface area (TPSA) is 125 Å². The minimum absolute atomic E-state index is 0.0142. The van der Waals surface area contributed by atoms with Gasteiger partial charge >= 0.3 is 0 Å². The summed E-state index contributed by atoms with van der Waals surface area (Å²) in [5.74, 6) is 0. The zero-order valence-electron chi connectivity index (χ0n) is 18.8. The number of para-hydroxylation sites is 1. The Hall–Kier alpha value is -3.69. The van der Waals surface area contributed by atoms with Gasteiger partial charge < -0.3 is 0 Å². The molecule has 35 heavy (non-hydrogen) atoms. The number of nitrogens with zero attached hydrogens (tertiary/aromatic N) is 2. The molecule has 2 aromatic rings. The Morgan fingerprint density at radius 2 is 1.43 bits per heavy atom. The van der Waals surface area contributed by atoms with E-state index in [0.29, 0.717) is 5.69 Å². The number of nitrogens with one attached hydrogen (secondary N) is 1. The van der Waals surface area contributed by atoms with Crippen molar-refractivity contribution in [3.63, 3.8) is 0 Å². The maximum Gasteiger partial charge on any atom is 0.296 e. The van der Waals surface area contributed by atoms with Crippen LogP contribution in [0.4, 0.5) is 5.69 Å². The van der Waals surface area contributed by atoms with Gasteiger partial charge in [0.2, 0.25) is 0 Å². The van der Waals surface area contributed by atoms with Gasteiger partial charge in [-0.25, -0.2) is 0 Å². The summed E-state index contributed by atoms with van der Waals surface area (Å²) < 4.78 is 35.0. The molecule has 1 saturated carbocycles. The first-order valence-electron chi connectivity index (χ1n) is 11.4. The van der Waals surface area contributed by atoms with Crippen molar-refractivity contribution in [1.82, 2.24) is 0 Å². The Labute approximate surface area is 200 Å². The third kappa shape index (κ3) is 4.40. The Balaban J connectivity index is 2.00. The van der Waals surface area contributed by atoms with Gasteiger partial charge in [-0.2, -0.15) is 13.5 Å². The highest BCUT2D eigenvalue weighted by atomic mass is 32.2. The van der Waals surface area contributed by atoms with Crippen LogP contribution in [0.3, 0.4) is 0 Å². The van der Waals surface area contributed by atoms with Crippen LogP contribution in [0.1, 0.15) is 32.1 Å². The lowest BCUT2D eigenvalue weighted by atomic mass is 9.96. The predicted octanol–water partition coefficient (Wildman–Crippen LogP) is 2.57. The largest absolute Gasteiger partial charge is 0.296 e. The van der Waals surface area contributed by atoms with E-state index in [1.54, 1.807) is 48.5 Å². The predicted molar refractivity (Wildman–Crippen MR) is 132 cm³/mol. The molecule has 2 N–H and O–H groups in total. The van der Waals surface area contributed by atoms with Gasteiger partial charge in [0.05, 0.1) is 27.5 Å². The summed E-state index contributed by atoms with van der Waals surface area (Å²) in [5, 5.41) is 4.18. The van der Waals surface area contributed by atoms with Crippen LogP contribution in [-0.4, -0.2) is 19.0 Å². The summed E-state index contributed by atoms with van der Waals surface area (Å²) in [6.07, 6.45) is 4.65. The average molecular weight is 490 g/mol. The minimum atomic E-state index is -4.81. The van der Waals surface area contributed by atoms with E-state index < -0.39 is 25.9 Å². The van der Waals surface area contributed by atoms with Crippen molar-refractivity contribution in [2.75, 3.05) is 5.43 Å². The summed E-state index contributed by atoms with van der Waals surface area (Å²) in [6, 6.07) is 16.2. The standard InChI is InChI=1S/C26H23N3O5S/c30-25-18-13-7-8-14-19(18)26(31)23-22(25)20(27-16-9-3-1-4-10-16)15-21(35(32,33)34)24(23)29-28-17-11-5-2-6-12-17/h2,5-8,11-16,28H,1,3-4,9-10H2,(H,32,33,34). The molecule has 0 bridgehead atoms. The molecule has 5 rings (SSSR count). The van der Waals surface area contributed by atoms with Crippen LogP contribution in [-0.2, 0) is 10.1 Å². The van der Waals surface area contributed by atoms with Crippen LogP contribution in [0.25, 0.3) is 10.8 Å². The lowest BCUT2D eigenvalue weighted by Gasteiger charge is -2.17. The fraction of sp³-hybridized carbons (Fsp3) is 0.231. The van der Waals surface area contributed by atoms with Crippen molar-refractivity contribution < 1.29 is 13.0 Å². The number of fused-ring (bicyclic) bond motifs is 1. The molecule has 178 valence electrons. The third-order valence-corrected chi connectivity index (χ3v) is 7.23. The Bertz CT molecular complexity index is 1820. The fourth-order valence-corrected chi connectivity index (χ4v) is 5.34. The molecule has 0 radical (unpaired) electrons. The first kappa shape index (κ1) is 23.1. The smallest absolute Gasteiger partial charge is 0.288 e. The van der Waals surface area contributed by atoms with Gasteiger partial charge in [0, 0.05) is 10.8 Å². The Morgan fingerprint density at radius 3 is 2.06 bits per heavy atom. The maximum absolute atomic E-state index is 13.7. The number of hydrogen-bond donors (Lipinski definition) is 2. The molecule has 8 nitrogen and oxygen atoms in total. The first-order chi connectivity index (χ1) is 16.8. The second-order valence-corrected chi connectivity index (χ2v) is 10.1. The highest BCUT2D eigenvalue weighted by Gasteiger charge is 2.21. The van der Waals surface area contributed by atoms with Crippen molar-refractivity contribution in [2.45, 2.75) is 43.0 Å².